The van der Waals surface area contributed by atoms with E-state index in [-0.39, 0.29) is 35.9 Å². The van der Waals surface area contributed by atoms with Crippen molar-refractivity contribution in [1.82, 2.24) is 24.9 Å². The van der Waals surface area contributed by atoms with Gasteiger partial charge in [-0.1, -0.05) is 11.6 Å². The summed E-state index contributed by atoms with van der Waals surface area (Å²) < 4.78 is 42.2. The van der Waals surface area contributed by atoms with Crippen LogP contribution < -0.4 is 5.32 Å². The lowest BCUT2D eigenvalue weighted by Crippen LogP contribution is -2.29. The molecular formula is C17H21ClF3N5O. The Balaban J connectivity index is 1.67. The third kappa shape index (κ3) is 4.28. The number of hydrogen-bond donors (Lipinski definition) is 1. The fraction of sp³-hybridized carbons (Fsp3) is 0.588. The fourth-order valence-corrected chi connectivity index (χ4v) is 3.52. The Kier molecular flexibility index (Phi) is 5.50. The molecule has 0 spiro atoms. The van der Waals surface area contributed by atoms with Crippen LogP contribution in [0.4, 0.5) is 13.2 Å². The SMILES string of the molecule is CCn1nccc1C(C)NC(=O)CCn1nc(C(F)(F)F)c(Cl)c1C1CC1. The Morgan fingerprint density at radius 1 is 1.41 bits per heavy atom. The van der Waals surface area contributed by atoms with Gasteiger partial charge in [-0.2, -0.15) is 23.4 Å². The van der Waals surface area contributed by atoms with E-state index in [0.29, 0.717) is 12.2 Å². The van der Waals surface area contributed by atoms with Crippen LogP contribution in [0.5, 0.6) is 0 Å². The van der Waals surface area contributed by atoms with Crippen molar-refractivity contribution < 1.29 is 18.0 Å². The minimum absolute atomic E-state index is 0.0120. The van der Waals surface area contributed by atoms with E-state index in [1.807, 2.05) is 19.9 Å². The van der Waals surface area contributed by atoms with E-state index in [1.54, 1.807) is 10.9 Å². The van der Waals surface area contributed by atoms with E-state index in [4.69, 9.17) is 11.6 Å². The summed E-state index contributed by atoms with van der Waals surface area (Å²) in [6.07, 6.45) is -1.37. The maximum atomic E-state index is 13.1. The van der Waals surface area contributed by atoms with Gasteiger partial charge in [0.25, 0.3) is 0 Å². The first-order valence-electron chi connectivity index (χ1n) is 8.86. The standard InChI is InChI=1S/C17H21ClF3N5O/c1-3-25-12(6-8-22-25)10(2)23-13(27)7-9-26-15(11-4-5-11)14(18)16(24-26)17(19,20)21/h6,8,10-11H,3-5,7,9H2,1-2H3,(H,23,27). The molecule has 1 N–H and O–H groups in total. The van der Waals surface area contributed by atoms with E-state index in [9.17, 15) is 18.0 Å². The molecule has 0 bridgehead atoms. The maximum absolute atomic E-state index is 13.1. The molecule has 1 fully saturated rings. The molecule has 0 aromatic carbocycles. The summed E-state index contributed by atoms with van der Waals surface area (Å²) >= 11 is 5.94. The molecule has 1 atom stereocenters. The zero-order valence-electron chi connectivity index (χ0n) is 15.1. The lowest BCUT2D eigenvalue weighted by molar-refractivity contribution is -0.141. The van der Waals surface area contributed by atoms with Crippen LogP contribution >= 0.6 is 11.6 Å². The first-order chi connectivity index (χ1) is 12.7. The third-order valence-corrected chi connectivity index (χ3v) is 4.96. The average molecular weight is 404 g/mol. The van der Waals surface area contributed by atoms with Crippen molar-refractivity contribution >= 4 is 17.5 Å². The Labute approximate surface area is 159 Å². The number of carbonyl (C=O) groups excluding carboxylic acids is 1. The molecule has 0 aliphatic heterocycles. The summed E-state index contributed by atoms with van der Waals surface area (Å²) in [6.45, 7) is 4.51. The molecule has 0 saturated heterocycles. The van der Waals surface area contributed by atoms with E-state index >= 15 is 0 Å². The van der Waals surface area contributed by atoms with Crippen LogP contribution in [0.2, 0.25) is 5.02 Å². The lowest BCUT2D eigenvalue weighted by Gasteiger charge is -2.15. The van der Waals surface area contributed by atoms with Crippen LogP contribution in [-0.2, 0) is 24.1 Å². The number of hydrogen-bond acceptors (Lipinski definition) is 3. The van der Waals surface area contributed by atoms with Crippen LogP contribution in [-0.4, -0.2) is 25.5 Å². The van der Waals surface area contributed by atoms with Gasteiger partial charge in [0.2, 0.25) is 5.91 Å². The second kappa shape index (κ2) is 7.53. The maximum Gasteiger partial charge on any atom is 0.436 e. The molecule has 148 valence electrons. The molecule has 6 nitrogen and oxygen atoms in total. The Morgan fingerprint density at radius 2 is 2.11 bits per heavy atom. The summed E-state index contributed by atoms with van der Waals surface area (Å²) in [5.41, 5.74) is 0.173. The molecule has 27 heavy (non-hydrogen) atoms. The second-order valence-electron chi connectivity index (χ2n) is 6.65. The zero-order chi connectivity index (χ0) is 19.8. The summed E-state index contributed by atoms with van der Waals surface area (Å²) in [7, 11) is 0. The van der Waals surface area contributed by atoms with Crippen LogP contribution in [0, 0.1) is 0 Å². The predicted molar refractivity (Wildman–Crippen MR) is 93.3 cm³/mol. The first kappa shape index (κ1) is 19.7. The van der Waals surface area contributed by atoms with Gasteiger partial charge >= 0.3 is 6.18 Å². The monoisotopic (exact) mass is 403 g/mol. The highest BCUT2D eigenvalue weighted by molar-refractivity contribution is 6.32. The normalized spacial score (nSPS) is 15.8. The number of nitrogens with zero attached hydrogens (tertiary/aromatic N) is 4. The Hall–Kier alpha value is -2.03. The molecular weight excluding hydrogens is 383 g/mol. The lowest BCUT2D eigenvalue weighted by atomic mass is 10.2. The fourth-order valence-electron chi connectivity index (χ4n) is 3.12. The number of amides is 1. The van der Waals surface area contributed by atoms with Crippen molar-refractivity contribution in [3.05, 3.63) is 34.4 Å². The van der Waals surface area contributed by atoms with Crippen molar-refractivity contribution in [2.45, 2.75) is 64.3 Å². The van der Waals surface area contributed by atoms with Crippen LogP contribution in [0.25, 0.3) is 0 Å². The molecule has 1 amide bonds. The molecule has 2 aromatic rings. The largest absolute Gasteiger partial charge is 0.436 e. The Morgan fingerprint density at radius 3 is 2.70 bits per heavy atom. The molecule has 1 unspecified atom stereocenters. The van der Waals surface area contributed by atoms with Gasteiger partial charge in [-0.05, 0) is 32.8 Å². The third-order valence-electron chi connectivity index (χ3n) is 4.58. The highest BCUT2D eigenvalue weighted by Gasteiger charge is 2.42. The summed E-state index contributed by atoms with van der Waals surface area (Å²) in [5, 5.41) is 10.3. The molecule has 2 heterocycles. The molecule has 10 heteroatoms. The number of nitrogens with one attached hydrogen (secondary N) is 1. The topological polar surface area (TPSA) is 64.7 Å². The van der Waals surface area contributed by atoms with Gasteiger partial charge in [0.05, 0.1) is 29.0 Å². The Bertz CT molecular complexity index is 825. The van der Waals surface area contributed by atoms with E-state index in [0.717, 1.165) is 18.5 Å². The van der Waals surface area contributed by atoms with E-state index in [2.05, 4.69) is 15.5 Å². The van der Waals surface area contributed by atoms with Gasteiger partial charge in [-0.15, -0.1) is 0 Å². The van der Waals surface area contributed by atoms with Crippen molar-refractivity contribution in [3.63, 3.8) is 0 Å². The van der Waals surface area contributed by atoms with Gasteiger partial charge in [0, 0.05) is 25.1 Å². The van der Waals surface area contributed by atoms with Crippen molar-refractivity contribution in [2.24, 2.45) is 0 Å². The zero-order valence-corrected chi connectivity index (χ0v) is 15.8. The molecule has 1 aliphatic rings. The van der Waals surface area contributed by atoms with Crippen LogP contribution in [0.3, 0.4) is 0 Å². The summed E-state index contributed by atoms with van der Waals surface area (Å²) in [4.78, 5) is 12.3. The molecule has 3 rings (SSSR count). The van der Waals surface area contributed by atoms with E-state index < -0.39 is 11.9 Å². The van der Waals surface area contributed by atoms with Gasteiger partial charge in [-0.25, -0.2) is 0 Å². The number of halogens is 4. The number of aromatic nitrogens is 4. The summed E-state index contributed by atoms with van der Waals surface area (Å²) in [6, 6.07) is 1.57. The molecule has 0 radical (unpaired) electrons. The van der Waals surface area contributed by atoms with Gasteiger partial charge in [0.15, 0.2) is 5.69 Å². The second-order valence-corrected chi connectivity index (χ2v) is 7.03. The summed E-state index contributed by atoms with van der Waals surface area (Å²) in [5.74, 6) is -0.282. The minimum atomic E-state index is -4.61. The van der Waals surface area contributed by atoms with Crippen molar-refractivity contribution in [1.29, 1.82) is 0 Å². The van der Waals surface area contributed by atoms with Crippen LogP contribution in [0.15, 0.2) is 12.3 Å². The van der Waals surface area contributed by atoms with Gasteiger partial charge < -0.3 is 5.32 Å². The quantitative estimate of drug-likeness (QED) is 0.762. The van der Waals surface area contributed by atoms with Gasteiger partial charge in [-0.3, -0.25) is 14.2 Å². The number of aryl methyl sites for hydroxylation is 2. The minimum Gasteiger partial charge on any atom is -0.348 e. The van der Waals surface area contributed by atoms with Crippen LogP contribution in [0.1, 0.15) is 62.2 Å². The smallest absolute Gasteiger partial charge is 0.348 e. The predicted octanol–water partition coefficient (Wildman–Crippen LogP) is 3.92. The van der Waals surface area contributed by atoms with E-state index in [1.165, 1.54) is 4.68 Å². The highest BCUT2D eigenvalue weighted by atomic mass is 35.5. The number of rotatable bonds is 7. The number of carbonyl (C=O) groups is 1. The highest BCUT2D eigenvalue weighted by Crippen LogP contribution is 2.46. The van der Waals surface area contributed by atoms with Gasteiger partial charge in [0.1, 0.15) is 0 Å². The first-order valence-corrected chi connectivity index (χ1v) is 9.24. The molecule has 1 aliphatic carbocycles. The van der Waals surface area contributed by atoms with Crippen molar-refractivity contribution in [2.75, 3.05) is 0 Å². The number of alkyl halides is 3. The molecule has 2 aromatic heterocycles. The molecule has 1 saturated carbocycles. The van der Waals surface area contributed by atoms with Crippen molar-refractivity contribution in [3.8, 4) is 0 Å². The average Bonchev–Trinajstić information content (AvgIpc) is 3.19.